The third-order valence-corrected chi connectivity index (χ3v) is 6.39. The molecule has 180 valence electrons. The maximum absolute atomic E-state index is 13.6. The first-order valence-corrected chi connectivity index (χ1v) is 11.8. The number of nitro groups is 1. The van der Waals surface area contributed by atoms with Gasteiger partial charge in [-0.15, -0.1) is 0 Å². The van der Waals surface area contributed by atoms with Crippen LogP contribution in [-0.2, 0) is 9.53 Å². The number of fused-ring (bicyclic) bond motifs is 1. The molecule has 1 aromatic heterocycles. The molecule has 0 bridgehead atoms. The molecule has 0 fully saturated rings. The van der Waals surface area contributed by atoms with E-state index < -0.39 is 16.9 Å². The summed E-state index contributed by atoms with van der Waals surface area (Å²) in [6.07, 6.45) is 1.59. The van der Waals surface area contributed by atoms with Crippen molar-refractivity contribution in [3.05, 3.63) is 101 Å². The molecule has 1 atom stereocenters. The Balaban J connectivity index is 1.91. The van der Waals surface area contributed by atoms with Crippen LogP contribution < -0.4 is 19.6 Å². The monoisotopic (exact) mass is 493 g/mol. The Kier molecular flexibility index (Phi) is 6.92. The zero-order chi connectivity index (χ0) is 25.1. The Labute approximate surface area is 204 Å². The molecule has 35 heavy (non-hydrogen) atoms. The number of nitrogens with zero attached hydrogens (tertiary/aromatic N) is 3. The van der Waals surface area contributed by atoms with E-state index >= 15 is 0 Å². The van der Waals surface area contributed by atoms with Crippen LogP contribution in [0.1, 0.15) is 37.9 Å². The summed E-state index contributed by atoms with van der Waals surface area (Å²) in [6.45, 7) is 6.01. The van der Waals surface area contributed by atoms with Gasteiger partial charge in [0.05, 0.1) is 40.0 Å². The van der Waals surface area contributed by atoms with E-state index in [9.17, 15) is 19.7 Å². The molecule has 0 saturated heterocycles. The molecule has 0 unspecified atom stereocenters. The highest BCUT2D eigenvalue weighted by atomic mass is 32.1. The standard InChI is InChI=1S/C25H23N3O6S/c1-4-33-19-11-9-17(10-12-19)22-21(24(30)34-5-2)15(3)26-25-27(22)23(29)20(35-25)14-16-7-6-8-18(13-16)28(31)32/h6-14,22H,4-5H2,1-3H3/b20-14-/t22-/m1/s1. The molecule has 1 aliphatic heterocycles. The lowest BCUT2D eigenvalue weighted by Gasteiger charge is -2.24. The predicted octanol–water partition coefficient (Wildman–Crippen LogP) is 3.11. The molecule has 0 radical (unpaired) electrons. The zero-order valence-electron chi connectivity index (χ0n) is 19.4. The Morgan fingerprint density at radius 3 is 2.60 bits per heavy atom. The summed E-state index contributed by atoms with van der Waals surface area (Å²) in [5.41, 5.74) is 1.54. The molecular formula is C25H23N3O6S. The van der Waals surface area contributed by atoms with Gasteiger partial charge in [-0.3, -0.25) is 19.5 Å². The number of carbonyl (C=O) groups is 1. The molecule has 0 spiro atoms. The van der Waals surface area contributed by atoms with E-state index in [0.29, 0.717) is 38.5 Å². The van der Waals surface area contributed by atoms with Crippen molar-refractivity contribution < 1.29 is 19.2 Å². The van der Waals surface area contributed by atoms with Crippen molar-refractivity contribution in [1.82, 2.24) is 4.57 Å². The summed E-state index contributed by atoms with van der Waals surface area (Å²) >= 11 is 1.16. The molecule has 4 rings (SSSR count). The second kappa shape index (κ2) is 10.1. The second-order valence-corrected chi connectivity index (χ2v) is 8.67. The predicted molar refractivity (Wildman–Crippen MR) is 131 cm³/mol. The number of carbonyl (C=O) groups excluding carboxylic acids is 1. The van der Waals surface area contributed by atoms with Crippen molar-refractivity contribution in [2.75, 3.05) is 13.2 Å². The molecule has 9 nitrogen and oxygen atoms in total. The minimum absolute atomic E-state index is 0.0702. The van der Waals surface area contributed by atoms with Gasteiger partial charge in [-0.05, 0) is 50.1 Å². The van der Waals surface area contributed by atoms with Gasteiger partial charge in [0.15, 0.2) is 4.80 Å². The van der Waals surface area contributed by atoms with Gasteiger partial charge in [-0.1, -0.05) is 35.6 Å². The van der Waals surface area contributed by atoms with E-state index in [1.807, 2.05) is 19.1 Å². The topological polar surface area (TPSA) is 113 Å². The van der Waals surface area contributed by atoms with E-state index in [1.165, 1.54) is 16.7 Å². The minimum atomic E-state index is -0.742. The smallest absolute Gasteiger partial charge is 0.338 e. The van der Waals surface area contributed by atoms with Gasteiger partial charge in [0, 0.05) is 12.1 Å². The number of esters is 1. The number of hydrogen-bond donors (Lipinski definition) is 0. The lowest BCUT2D eigenvalue weighted by atomic mass is 9.96. The third-order valence-electron chi connectivity index (χ3n) is 5.40. The summed E-state index contributed by atoms with van der Waals surface area (Å²) in [4.78, 5) is 42.1. The van der Waals surface area contributed by atoms with Crippen LogP contribution in [0.4, 0.5) is 5.69 Å². The highest BCUT2D eigenvalue weighted by molar-refractivity contribution is 7.07. The fourth-order valence-corrected chi connectivity index (χ4v) is 4.95. The van der Waals surface area contributed by atoms with E-state index in [0.717, 1.165) is 11.3 Å². The average Bonchev–Trinajstić information content (AvgIpc) is 3.13. The number of allylic oxidation sites excluding steroid dienone is 1. The van der Waals surface area contributed by atoms with Gasteiger partial charge < -0.3 is 9.47 Å². The van der Waals surface area contributed by atoms with E-state index in [4.69, 9.17) is 9.47 Å². The highest BCUT2D eigenvalue weighted by Gasteiger charge is 2.33. The average molecular weight is 494 g/mol. The lowest BCUT2D eigenvalue weighted by molar-refractivity contribution is -0.384. The first kappa shape index (κ1) is 24.1. The molecule has 0 saturated carbocycles. The number of non-ortho nitro benzene ring substituents is 1. The van der Waals surface area contributed by atoms with E-state index in [1.54, 1.807) is 44.2 Å². The Hall–Kier alpha value is -4.05. The number of aromatic nitrogens is 1. The number of hydrogen-bond acceptors (Lipinski definition) is 8. The SMILES string of the molecule is CCOC(=O)C1=C(C)N=c2s/c(=C\c3cccc([N+](=O)[O-])c3)c(=O)n2[C@@H]1c1ccc(OCC)cc1. The van der Waals surface area contributed by atoms with Crippen LogP contribution in [0.3, 0.4) is 0 Å². The zero-order valence-corrected chi connectivity index (χ0v) is 20.2. The van der Waals surface area contributed by atoms with Gasteiger partial charge >= 0.3 is 5.97 Å². The van der Waals surface area contributed by atoms with Crippen molar-refractivity contribution >= 4 is 29.1 Å². The van der Waals surface area contributed by atoms with Gasteiger partial charge in [0.25, 0.3) is 11.2 Å². The normalized spacial score (nSPS) is 15.4. The summed E-state index contributed by atoms with van der Waals surface area (Å²) in [5.74, 6) is 0.133. The molecule has 3 aromatic rings. The molecule has 10 heteroatoms. The molecule has 0 N–H and O–H groups in total. The molecule has 2 aromatic carbocycles. The quantitative estimate of drug-likeness (QED) is 0.284. The van der Waals surface area contributed by atoms with Crippen LogP contribution in [-0.4, -0.2) is 28.7 Å². The van der Waals surface area contributed by atoms with Crippen molar-refractivity contribution in [3.63, 3.8) is 0 Å². The lowest BCUT2D eigenvalue weighted by Crippen LogP contribution is -2.39. The van der Waals surface area contributed by atoms with Crippen molar-refractivity contribution in [2.24, 2.45) is 4.99 Å². The van der Waals surface area contributed by atoms with Gasteiger partial charge in [0.2, 0.25) is 0 Å². The first-order chi connectivity index (χ1) is 16.8. The Morgan fingerprint density at radius 1 is 1.20 bits per heavy atom. The molecule has 2 heterocycles. The minimum Gasteiger partial charge on any atom is -0.494 e. The van der Waals surface area contributed by atoms with Crippen molar-refractivity contribution in [1.29, 1.82) is 0 Å². The van der Waals surface area contributed by atoms with Crippen LogP contribution in [0.2, 0.25) is 0 Å². The van der Waals surface area contributed by atoms with Crippen LogP contribution in [0, 0.1) is 10.1 Å². The third kappa shape index (κ3) is 4.78. The maximum atomic E-state index is 13.6. The van der Waals surface area contributed by atoms with Gasteiger partial charge in [0.1, 0.15) is 5.75 Å². The highest BCUT2D eigenvalue weighted by Crippen LogP contribution is 2.31. The summed E-state index contributed by atoms with van der Waals surface area (Å²) in [7, 11) is 0. The molecule has 0 amide bonds. The Morgan fingerprint density at radius 2 is 1.94 bits per heavy atom. The van der Waals surface area contributed by atoms with Gasteiger partial charge in [-0.25, -0.2) is 9.79 Å². The number of benzene rings is 2. The molecule has 0 aliphatic carbocycles. The molecule has 1 aliphatic rings. The Bertz CT molecular complexity index is 1500. The maximum Gasteiger partial charge on any atom is 0.338 e. The number of rotatable bonds is 7. The first-order valence-electron chi connectivity index (χ1n) is 11.0. The fourth-order valence-electron chi connectivity index (χ4n) is 3.90. The second-order valence-electron chi connectivity index (χ2n) is 7.66. The number of thiazole rings is 1. The van der Waals surface area contributed by atoms with E-state index in [2.05, 4.69) is 4.99 Å². The van der Waals surface area contributed by atoms with Crippen LogP contribution in [0.15, 0.2) is 69.6 Å². The largest absolute Gasteiger partial charge is 0.494 e. The molecular weight excluding hydrogens is 470 g/mol. The van der Waals surface area contributed by atoms with E-state index in [-0.39, 0.29) is 23.4 Å². The summed E-state index contributed by atoms with van der Waals surface area (Å²) in [5, 5.41) is 11.1. The fraction of sp³-hybridized carbons (Fsp3) is 0.240. The number of nitro benzene ring substituents is 1. The van der Waals surface area contributed by atoms with Crippen LogP contribution in [0.5, 0.6) is 5.75 Å². The summed E-state index contributed by atoms with van der Waals surface area (Å²) < 4.78 is 12.6. The number of ether oxygens (including phenoxy) is 2. The van der Waals surface area contributed by atoms with Crippen molar-refractivity contribution in [2.45, 2.75) is 26.8 Å². The van der Waals surface area contributed by atoms with Gasteiger partial charge in [-0.2, -0.15) is 0 Å². The van der Waals surface area contributed by atoms with Crippen LogP contribution >= 0.6 is 11.3 Å². The van der Waals surface area contributed by atoms with Crippen LogP contribution in [0.25, 0.3) is 6.08 Å². The summed E-state index contributed by atoms with van der Waals surface area (Å²) in [6, 6.07) is 12.5. The van der Waals surface area contributed by atoms with Crippen molar-refractivity contribution in [3.8, 4) is 5.75 Å².